The van der Waals surface area contributed by atoms with Gasteiger partial charge in [-0.2, -0.15) is 0 Å². The van der Waals surface area contributed by atoms with Crippen molar-refractivity contribution in [2.75, 3.05) is 6.54 Å². The average Bonchev–Trinajstić information content (AvgIpc) is 2.00. The zero-order valence-corrected chi connectivity index (χ0v) is 7.10. The quantitative estimate of drug-likeness (QED) is 0.495. The highest BCUT2D eigenvalue weighted by Crippen LogP contribution is 2.01. The van der Waals surface area contributed by atoms with Crippen molar-refractivity contribution in [3.05, 3.63) is 25.3 Å². The van der Waals surface area contributed by atoms with E-state index in [-0.39, 0.29) is 5.91 Å². The second-order valence-electron chi connectivity index (χ2n) is 2.03. The summed E-state index contributed by atoms with van der Waals surface area (Å²) in [5.41, 5.74) is 0. The Hall–Kier alpha value is -0.760. The molecule has 0 radical (unpaired) electrons. The van der Waals surface area contributed by atoms with Crippen molar-refractivity contribution in [2.45, 2.75) is 11.8 Å². The van der Waals surface area contributed by atoms with Gasteiger partial charge in [0.25, 0.3) is 0 Å². The summed E-state index contributed by atoms with van der Waals surface area (Å²) < 4.78 is 0. The molecule has 62 valence electrons. The first-order valence-electron chi connectivity index (χ1n) is 3.36. The van der Waals surface area contributed by atoms with Gasteiger partial charge in [-0.3, -0.25) is 4.79 Å². The van der Waals surface area contributed by atoms with Crippen molar-refractivity contribution < 1.29 is 4.79 Å². The highest BCUT2D eigenvalue weighted by Gasteiger charge is 2.11. The molecule has 3 heteroatoms. The van der Waals surface area contributed by atoms with Crippen molar-refractivity contribution in [1.29, 1.82) is 0 Å². The summed E-state index contributed by atoms with van der Waals surface area (Å²) in [5.74, 6) is -0.175. The third-order valence-corrected chi connectivity index (χ3v) is 1.46. The van der Waals surface area contributed by atoms with Gasteiger partial charge >= 0.3 is 0 Å². The van der Waals surface area contributed by atoms with Crippen LogP contribution in [-0.4, -0.2) is 17.8 Å². The van der Waals surface area contributed by atoms with E-state index >= 15 is 0 Å². The van der Waals surface area contributed by atoms with Gasteiger partial charge in [0.1, 0.15) is 5.38 Å². The van der Waals surface area contributed by atoms with Crippen LogP contribution in [-0.2, 0) is 4.79 Å². The fourth-order valence-corrected chi connectivity index (χ4v) is 0.740. The van der Waals surface area contributed by atoms with E-state index < -0.39 is 5.38 Å². The molecule has 1 atom stereocenters. The molecule has 0 aliphatic rings. The number of allylic oxidation sites excluding steroid dienone is 1. The largest absolute Gasteiger partial charge is 0.351 e. The third-order valence-electron chi connectivity index (χ3n) is 1.08. The topological polar surface area (TPSA) is 29.1 Å². The number of nitrogens with one attached hydrogen (secondary N) is 1. The Labute approximate surface area is 71.9 Å². The molecule has 1 amide bonds. The minimum absolute atomic E-state index is 0.175. The Morgan fingerprint density at radius 1 is 1.55 bits per heavy atom. The lowest BCUT2D eigenvalue weighted by atomic mass is 10.3. The number of carbonyl (C=O) groups excluding carboxylic acids is 1. The van der Waals surface area contributed by atoms with Crippen molar-refractivity contribution >= 4 is 17.5 Å². The summed E-state index contributed by atoms with van der Waals surface area (Å²) in [6.45, 7) is 7.40. The first kappa shape index (κ1) is 10.2. The van der Waals surface area contributed by atoms with Crippen molar-refractivity contribution in [3.8, 4) is 0 Å². The lowest BCUT2D eigenvalue weighted by Gasteiger charge is -2.05. The van der Waals surface area contributed by atoms with Crippen LogP contribution >= 0.6 is 11.6 Å². The predicted molar refractivity (Wildman–Crippen MR) is 47.7 cm³/mol. The fraction of sp³-hybridized carbons (Fsp3) is 0.375. The number of hydrogen-bond donors (Lipinski definition) is 1. The van der Waals surface area contributed by atoms with E-state index in [1.807, 2.05) is 0 Å². The Morgan fingerprint density at radius 3 is 2.64 bits per heavy atom. The lowest BCUT2D eigenvalue weighted by Crippen LogP contribution is -2.30. The molecule has 0 fully saturated rings. The molecule has 0 bridgehead atoms. The summed E-state index contributed by atoms with van der Waals surface area (Å²) in [6.07, 6.45) is 3.71. The molecule has 0 saturated heterocycles. The standard InChI is InChI=1S/C8H12ClNO/c1-3-5-7(9)8(11)10-6-4-2/h3-4,7H,1-2,5-6H2,(H,10,11). The SMILES string of the molecule is C=CCNC(=O)C(Cl)CC=C. The van der Waals surface area contributed by atoms with Crippen molar-refractivity contribution in [3.63, 3.8) is 0 Å². The van der Waals surface area contributed by atoms with Gasteiger partial charge in [-0.05, 0) is 6.42 Å². The van der Waals surface area contributed by atoms with E-state index in [0.717, 1.165) is 0 Å². The van der Waals surface area contributed by atoms with Gasteiger partial charge in [-0.1, -0.05) is 12.2 Å². The maximum absolute atomic E-state index is 11.0. The Bertz CT molecular complexity index is 156. The molecule has 1 N–H and O–H groups in total. The molecule has 2 nitrogen and oxygen atoms in total. The van der Waals surface area contributed by atoms with Gasteiger partial charge in [-0.15, -0.1) is 24.8 Å². The number of halogens is 1. The van der Waals surface area contributed by atoms with Crippen LogP contribution in [0.25, 0.3) is 0 Å². The molecule has 0 heterocycles. The van der Waals surface area contributed by atoms with E-state index in [1.165, 1.54) is 0 Å². The number of carbonyl (C=O) groups is 1. The predicted octanol–water partition coefficient (Wildman–Crippen LogP) is 1.47. The minimum Gasteiger partial charge on any atom is -0.351 e. The summed E-state index contributed by atoms with van der Waals surface area (Å²) in [7, 11) is 0. The van der Waals surface area contributed by atoms with Crippen LogP contribution in [0, 0.1) is 0 Å². The van der Waals surface area contributed by atoms with Crippen LogP contribution in [0.15, 0.2) is 25.3 Å². The normalized spacial score (nSPS) is 11.7. The van der Waals surface area contributed by atoms with E-state index in [0.29, 0.717) is 13.0 Å². The van der Waals surface area contributed by atoms with E-state index in [1.54, 1.807) is 12.2 Å². The van der Waals surface area contributed by atoms with Gasteiger partial charge in [0, 0.05) is 6.54 Å². The molecule has 0 aromatic carbocycles. The zero-order chi connectivity index (χ0) is 8.69. The molecule has 11 heavy (non-hydrogen) atoms. The number of alkyl halides is 1. The summed E-state index contributed by atoms with van der Waals surface area (Å²) in [5, 5.41) is 2.07. The maximum Gasteiger partial charge on any atom is 0.238 e. The van der Waals surface area contributed by atoms with E-state index in [2.05, 4.69) is 18.5 Å². The van der Waals surface area contributed by atoms with Crippen LogP contribution in [0.5, 0.6) is 0 Å². The van der Waals surface area contributed by atoms with Gasteiger partial charge < -0.3 is 5.32 Å². The highest BCUT2D eigenvalue weighted by atomic mass is 35.5. The first-order chi connectivity index (χ1) is 5.22. The molecule has 1 unspecified atom stereocenters. The molecule has 0 rings (SSSR count). The number of amides is 1. The van der Waals surface area contributed by atoms with E-state index in [9.17, 15) is 4.79 Å². The van der Waals surface area contributed by atoms with Crippen LogP contribution < -0.4 is 5.32 Å². The molecule has 0 aliphatic heterocycles. The second kappa shape index (κ2) is 5.98. The Balaban J connectivity index is 3.62. The zero-order valence-electron chi connectivity index (χ0n) is 6.35. The second-order valence-corrected chi connectivity index (χ2v) is 2.55. The molecule has 0 aliphatic carbocycles. The van der Waals surface area contributed by atoms with Crippen LogP contribution in [0.3, 0.4) is 0 Å². The van der Waals surface area contributed by atoms with Crippen LogP contribution in [0.2, 0.25) is 0 Å². The average molecular weight is 174 g/mol. The number of rotatable bonds is 5. The van der Waals surface area contributed by atoms with E-state index in [4.69, 9.17) is 11.6 Å². The molecule has 0 aromatic rings. The maximum atomic E-state index is 11.0. The van der Waals surface area contributed by atoms with Crippen LogP contribution in [0.4, 0.5) is 0 Å². The first-order valence-corrected chi connectivity index (χ1v) is 3.79. The summed E-state index contributed by atoms with van der Waals surface area (Å²) in [4.78, 5) is 11.0. The Kier molecular flexibility index (Phi) is 5.57. The summed E-state index contributed by atoms with van der Waals surface area (Å²) >= 11 is 5.65. The molecular formula is C8H12ClNO. The third kappa shape index (κ3) is 4.62. The van der Waals surface area contributed by atoms with Gasteiger partial charge in [0.2, 0.25) is 5.91 Å². The fourth-order valence-electron chi connectivity index (χ4n) is 0.537. The van der Waals surface area contributed by atoms with Gasteiger partial charge in [0.15, 0.2) is 0 Å². The van der Waals surface area contributed by atoms with Gasteiger partial charge in [0.05, 0.1) is 0 Å². The number of hydrogen-bond acceptors (Lipinski definition) is 1. The lowest BCUT2D eigenvalue weighted by molar-refractivity contribution is -0.120. The molecule has 0 spiro atoms. The Morgan fingerprint density at radius 2 is 2.18 bits per heavy atom. The molecular weight excluding hydrogens is 162 g/mol. The highest BCUT2D eigenvalue weighted by molar-refractivity contribution is 6.30. The van der Waals surface area contributed by atoms with Crippen molar-refractivity contribution in [2.24, 2.45) is 0 Å². The minimum atomic E-state index is -0.507. The monoisotopic (exact) mass is 173 g/mol. The van der Waals surface area contributed by atoms with Crippen molar-refractivity contribution in [1.82, 2.24) is 5.32 Å². The smallest absolute Gasteiger partial charge is 0.238 e. The summed E-state index contributed by atoms with van der Waals surface area (Å²) in [6, 6.07) is 0. The molecule has 0 saturated carbocycles. The molecule has 0 aromatic heterocycles. The van der Waals surface area contributed by atoms with Gasteiger partial charge in [-0.25, -0.2) is 0 Å². The van der Waals surface area contributed by atoms with Crippen LogP contribution in [0.1, 0.15) is 6.42 Å².